The van der Waals surface area contributed by atoms with E-state index in [1.54, 1.807) is 23.5 Å². The van der Waals surface area contributed by atoms with Crippen molar-refractivity contribution in [3.8, 4) is 17.0 Å². The second-order valence-corrected chi connectivity index (χ2v) is 11.1. The van der Waals surface area contributed by atoms with Crippen LogP contribution in [0.4, 0.5) is 5.69 Å². The van der Waals surface area contributed by atoms with Gasteiger partial charge in [-0.1, -0.05) is 31.9 Å². The third kappa shape index (κ3) is 6.22. The Morgan fingerprint density at radius 2 is 1.71 bits per heavy atom. The zero-order valence-corrected chi connectivity index (χ0v) is 22.0. The number of hydrogen-bond donors (Lipinski definition) is 0. The topological polar surface area (TPSA) is 73.1 Å². The van der Waals surface area contributed by atoms with Crippen LogP contribution in [0.3, 0.4) is 0 Å². The maximum Gasteiger partial charge on any atom is 0.243 e. The molecule has 4 rings (SSSR count). The van der Waals surface area contributed by atoms with E-state index < -0.39 is 10.0 Å². The normalized spacial score (nSPS) is 15.4. The summed E-state index contributed by atoms with van der Waals surface area (Å²) in [6, 6.07) is 15.0. The smallest absolute Gasteiger partial charge is 0.243 e. The third-order valence-electron chi connectivity index (χ3n) is 5.91. The van der Waals surface area contributed by atoms with Gasteiger partial charge in [-0.2, -0.15) is 4.31 Å². The molecule has 0 saturated carbocycles. The first-order chi connectivity index (χ1) is 17.0. The van der Waals surface area contributed by atoms with Crippen LogP contribution in [0.2, 0.25) is 0 Å². The molecule has 0 atom stereocenters. The molecule has 1 aromatic heterocycles. The number of rotatable bonds is 10. The van der Waals surface area contributed by atoms with Gasteiger partial charge in [0, 0.05) is 25.0 Å². The van der Waals surface area contributed by atoms with Crippen LogP contribution < -0.4 is 9.54 Å². The Hall–Kier alpha value is -2.46. The molecule has 35 heavy (non-hydrogen) atoms. The molecule has 0 amide bonds. The number of ether oxygens (including phenoxy) is 2. The van der Waals surface area contributed by atoms with Gasteiger partial charge in [0.05, 0.1) is 36.1 Å². The Labute approximate surface area is 211 Å². The number of aromatic nitrogens is 1. The number of morpholine rings is 1. The number of benzene rings is 2. The molecular weight excluding hydrogens is 482 g/mol. The Morgan fingerprint density at radius 1 is 1.00 bits per heavy atom. The number of nitrogens with zero attached hydrogens (tertiary/aromatic N) is 3. The van der Waals surface area contributed by atoms with Crippen molar-refractivity contribution in [3.63, 3.8) is 0 Å². The maximum absolute atomic E-state index is 13.0. The van der Waals surface area contributed by atoms with Crippen LogP contribution >= 0.6 is 11.3 Å². The summed E-state index contributed by atoms with van der Waals surface area (Å²) in [5.74, 6) is 0.835. The first kappa shape index (κ1) is 25.6. The van der Waals surface area contributed by atoms with Crippen molar-refractivity contribution in [1.82, 2.24) is 8.87 Å². The van der Waals surface area contributed by atoms with Crippen LogP contribution in [0.5, 0.6) is 5.75 Å². The largest absolute Gasteiger partial charge is 0.494 e. The first-order valence-corrected chi connectivity index (χ1v) is 14.5. The van der Waals surface area contributed by atoms with Crippen LogP contribution in [0, 0.1) is 0 Å². The summed E-state index contributed by atoms with van der Waals surface area (Å²) < 4.78 is 40.6. The molecule has 9 heteroatoms. The van der Waals surface area contributed by atoms with Crippen LogP contribution in [0.25, 0.3) is 11.3 Å². The average Bonchev–Trinajstić information content (AvgIpc) is 3.28. The summed E-state index contributed by atoms with van der Waals surface area (Å²) in [5.41, 5.74) is 2.90. The zero-order chi connectivity index (χ0) is 24.7. The maximum atomic E-state index is 13.0. The molecule has 1 fully saturated rings. The van der Waals surface area contributed by atoms with Gasteiger partial charge in [0.1, 0.15) is 5.75 Å². The molecule has 1 aliphatic heterocycles. The van der Waals surface area contributed by atoms with Crippen LogP contribution in [0.1, 0.15) is 33.1 Å². The molecule has 2 aromatic carbocycles. The second kappa shape index (κ2) is 12.0. The Balaban J connectivity index is 1.64. The van der Waals surface area contributed by atoms with Gasteiger partial charge in [-0.05, 0) is 55.3 Å². The number of hydrogen-bond acceptors (Lipinski definition) is 6. The number of thiazole rings is 1. The van der Waals surface area contributed by atoms with Crippen molar-refractivity contribution in [2.75, 3.05) is 32.9 Å². The van der Waals surface area contributed by atoms with Crippen molar-refractivity contribution in [2.24, 2.45) is 4.99 Å². The molecule has 0 aliphatic carbocycles. The Kier molecular flexibility index (Phi) is 8.78. The quantitative estimate of drug-likeness (QED) is 0.354. The minimum atomic E-state index is -3.51. The van der Waals surface area contributed by atoms with E-state index in [4.69, 9.17) is 14.5 Å². The van der Waals surface area contributed by atoms with Crippen molar-refractivity contribution < 1.29 is 17.9 Å². The van der Waals surface area contributed by atoms with Gasteiger partial charge in [-0.15, -0.1) is 11.3 Å². The van der Waals surface area contributed by atoms with Gasteiger partial charge >= 0.3 is 0 Å². The fraction of sp³-hybridized carbons (Fsp3) is 0.423. The van der Waals surface area contributed by atoms with Crippen LogP contribution in [0.15, 0.2) is 63.8 Å². The SMILES string of the molecule is CCCCCn1c(-c2ccc(S(=O)(=O)N3CCOCC3)cc2)csc1=Nc1ccc(OCC)cc1. The van der Waals surface area contributed by atoms with Crippen molar-refractivity contribution in [3.05, 3.63) is 58.7 Å². The van der Waals surface area contributed by atoms with Gasteiger partial charge in [-0.25, -0.2) is 13.4 Å². The summed E-state index contributed by atoms with van der Waals surface area (Å²) in [7, 11) is -3.51. The van der Waals surface area contributed by atoms with Gasteiger partial charge in [-0.3, -0.25) is 0 Å². The zero-order valence-electron chi connectivity index (χ0n) is 20.4. The van der Waals surface area contributed by atoms with E-state index in [0.29, 0.717) is 37.8 Å². The van der Waals surface area contributed by atoms with E-state index in [1.807, 2.05) is 43.3 Å². The van der Waals surface area contributed by atoms with Crippen LogP contribution in [-0.4, -0.2) is 50.2 Å². The lowest BCUT2D eigenvalue weighted by Gasteiger charge is -2.26. The van der Waals surface area contributed by atoms with Gasteiger partial charge in [0.25, 0.3) is 0 Å². The molecule has 188 valence electrons. The summed E-state index contributed by atoms with van der Waals surface area (Å²) in [4.78, 5) is 6.13. The molecular formula is C26H33N3O4S2. The lowest BCUT2D eigenvalue weighted by atomic mass is 10.1. The molecule has 0 N–H and O–H groups in total. The minimum Gasteiger partial charge on any atom is -0.494 e. The number of sulfonamides is 1. The summed E-state index contributed by atoms with van der Waals surface area (Å²) in [5, 5.41) is 2.10. The molecule has 0 spiro atoms. The molecule has 3 aromatic rings. The van der Waals surface area contributed by atoms with E-state index in [0.717, 1.165) is 53.3 Å². The molecule has 0 unspecified atom stereocenters. The van der Waals surface area contributed by atoms with E-state index in [2.05, 4.69) is 16.9 Å². The average molecular weight is 516 g/mol. The van der Waals surface area contributed by atoms with E-state index in [9.17, 15) is 8.42 Å². The standard InChI is InChI=1S/C26H33N3O4S2/c1-3-5-6-15-29-25(20-34-26(29)27-22-9-11-23(12-10-22)33-4-2)21-7-13-24(14-8-21)35(30,31)28-16-18-32-19-17-28/h7-14,20H,3-6,15-19H2,1-2H3. The van der Waals surface area contributed by atoms with Crippen molar-refractivity contribution in [2.45, 2.75) is 44.6 Å². The molecule has 1 saturated heterocycles. The summed E-state index contributed by atoms with van der Waals surface area (Å²) in [6.07, 6.45) is 3.33. The highest BCUT2D eigenvalue weighted by atomic mass is 32.2. The van der Waals surface area contributed by atoms with Crippen molar-refractivity contribution in [1.29, 1.82) is 0 Å². The highest BCUT2D eigenvalue weighted by Crippen LogP contribution is 2.25. The van der Waals surface area contributed by atoms with Crippen LogP contribution in [-0.2, 0) is 21.3 Å². The van der Waals surface area contributed by atoms with E-state index >= 15 is 0 Å². The highest BCUT2D eigenvalue weighted by Gasteiger charge is 2.26. The van der Waals surface area contributed by atoms with E-state index in [1.165, 1.54) is 4.31 Å². The Bertz CT molecular complexity index is 1260. The summed E-state index contributed by atoms with van der Waals surface area (Å²) >= 11 is 1.60. The lowest BCUT2D eigenvalue weighted by Crippen LogP contribution is -2.40. The van der Waals surface area contributed by atoms with Gasteiger partial charge in [0.2, 0.25) is 10.0 Å². The molecule has 7 nitrogen and oxygen atoms in total. The minimum absolute atomic E-state index is 0.315. The predicted octanol–water partition coefficient (Wildman–Crippen LogP) is 5.06. The van der Waals surface area contributed by atoms with Gasteiger partial charge < -0.3 is 14.0 Å². The highest BCUT2D eigenvalue weighted by molar-refractivity contribution is 7.89. The molecule has 1 aliphatic rings. The van der Waals surface area contributed by atoms with E-state index in [-0.39, 0.29) is 0 Å². The summed E-state index contributed by atoms with van der Waals surface area (Å²) in [6.45, 7) is 7.30. The molecule has 0 bridgehead atoms. The predicted molar refractivity (Wildman–Crippen MR) is 140 cm³/mol. The second-order valence-electron chi connectivity index (χ2n) is 8.34. The molecule has 0 radical (unpaired) electrons. The lowest BCUT2D eigenvalue weighted by molar-refractivity contribution is 0.0730. The van der Waals surface area contributed by atoms with Crippen molar-refractivity contribution >= 4 is 27.0 Å². The third-order valence-corrected chi connectivity index (χ3v) is 8.69. The fourth-order valence-corrected chi connectivity index (χ4v) is 6.38. The first-order valence-electron chi connectivity index (χ1n) is 12.2. The van der Waals surface area contributed by atoms with Gasteiger partial charge in [0.15, 0.2) is 4.80 Å². The number of unbranched alkanes of at least 4 members (excludes halogenated alkanes) is 2. The fourth-order valence-electron chi connectivity index (χ4n) is 4.01. The molecule has 2 heterocycles. The monoisotopic (exact) mass is 515 g/mol. The Morgan fingerprint density at radius 3 is 2.37 bits per heavy atom.